The molecular formula is C17H25NO3. The highest BCUT2D eigenvalue weighted by Crippen LogP contribution is 2.51. The Hall–Kier alpha value is -1.26. The highest BCUT2D eigenvalue weighted by atomic mass is 16.6. The molecule has 21 heavy (non-hydrogen) atoms. The van der Waals surface area contributed by atoms with Crippen molar-refractivity contribution in [3.05, 3.63) is 22.8 Å². The van der Waals surface area contributed by atoms with E-state index >= 15 is 0 Å². The number of phenols is 1. The molecular weight excluding hydrogens is 266 g/mol. The molecule has 0 aromatic heterocycles. The lowest BCUT2D eigenvalue weighted by atomic mass is 9.72. The summed E-state index contributed by atoms with van der Waals surface area (Å²) in [4.78, 5) is 5.21. The number of hydroxylamine groups is 1. The fourth-order valence-corrected chi connectivity index (χ4v) is 3.74. The van der Waals surface area contributed by atoms with Gasteiger partial charge in [0.05, 0.1) is 13.2 Å². The molecule has 0 bridgehead atoms. The van der Waals surface area contributed by atoms with Crippen LogP contribution in [0.3, 0.4) is 0 Å². The van der Waals surface area contributed by atoms with E-state index in [1.165, 1.54) is 6.42 Å². The van der Waals surface area contributed by atoms with Crippen molar-refractivity contribution < 1.29 is 14.7 Å². The first-order valence-corrected chi connectivity index (χ1v) is 7.99. The second-order valence-corrected chi connectivity index (χ2v) is 6.20. The Balaban J connectivity index is 2.11. The number of aryl methyl sites for hydroxylation is 1. The summed E-state index contributed by atoms with van der Waals surface area (Å²) >= 11 is 0. The van der Waals surface area contributed by atoms with Crippen LogP contribution >= 0.6 is 0 Å². The van der Waals surface area contributed by atoms with Crippen LogP contribution < -0.4 is 10.2 Å². The zero-order valence-corrected chi connectivity index (χ0v) is 13.2. The molecule has 4 heteroatoms. The quantitative estimate of drug-likeness (QED) is 0.835. The van der Waals surface area contributed by atoms with Crippen LogP contribution in [0.2, 0.25) is 0 Å². The zero-order chi connectivity index (χ0) is 15.0. The molecule has 1 heterocycles. The van der Waals surface area contributed by atoms with E-state index in [0.717, 1.165) is 54.5 Å². The third-order valence-corrected chi connectivity index (χ3v) is 5.00. The Kier molecular flexibility index (Phi) is 3.84. The van der Waals surface area contributed by atoms with Crippen LogP contribution in [0.4, 0.5) is 0 Å². The molecule has 1 spiro atoms. The van der Waals surface area contributed by atoms with Gasteiger partial charge in [-0.2, -0.15) is 5.48 Å². The summed E-state index contributed by atoms with van der Waals surface area (Å²) in [5, 5.41) is 10.5. The molecule has 0 amide bonds. The van der Waals surface area contributed by atoms with Gasteiger partial charge in [0.1, 0.15) is 17.1 Å². The monoisotopic (exact) mass is 291 g/mol. The molecule has 0 saturated heterocycles. The minimum Gasteiger partial charge on any atom is -0.507 e. The van der Waals surface area contributed by atoms with Gasteiger partial charge in [-0.15, -0.1) is 0 Å². The Morgan fingerprint density at radius 3 is 2.67 bits per heavy atom. The number of rotatable bonds is 4. The van der Waals surface area contributed by atoms with E-state index in [1.807, 2.05) is 6.07 Å². The van der Waals surface area contributed by atoms with E-state index < -0.39 is 0 Å². The molecule has 1 atom stereocenters. The van der Waals surface area contributed by atoms with Gasteiger partial charge < -0.3 is 14.7 Å². The lowest BCUT2D eigenvalue weighted by molar-refractivity contribution is -0.0602. The van der Waals surface area contributed by atoms with Gasteiger partial charge in [-0.25, -0.2) is 0 Å². The SMILES string of the molecule is CCc1cc2c(c(CC)c1O)C(NOC)CC1(CCC1)O2. The molecule has 1 unspecified atom stereocenters. The molecule has 1 aromatic rings. The second kappa shape index (κ2) is 5.50. The summed E-state index contributed by atoms with van der Waals surface area (Å²) in [6, 6.07) is 2.11. The molecule has 116 valence electrons. The Morgan fingerprint density at radius 2 is 2.14 bits per heavy atom. The molecule has 1 aromatic carbocycles. The van der Waals surface area contributed by atoms with Crippen molar-refractivity contribution in [3.63, 3.8) is 0 Å². The molecule has 2 N–H and O–H groups in total. The summed E-state index contributed by atoms with van der Waals surface area (Å²) in [6.07, 6.45) is 5.96. The molecule has 4 nitrogen and oxygen atoms in total. The number of aromatic hydroxyl groups is 1. The molecule has 3 rings (SSSR count). The van der Waals surface area contributed by atoms with Gasteiger partial charge in [-0.05, 0) is 43.7 Å². The average Bonchev–Trinajstić information content (AvgIpc) is 2.45. The highest BCUT2D eigenvalue weighted by Gasteiger charge is 2.46. The highest BCUT2D eigenvalue weighted by molar-refractivity contribution is 5.55. The Labute approximate surface area is 126 Å². The van der Waals surface area contributed by atoms with E-state index in [2.05, 4.69) is 19.3 Å². The van der Waals surface area contributed by atoms with Crippen LogP contribution in [0, 0.1) is 0 Å². The van der Waals surface area contributed by atoms with Crippen molar-refractivity contribution >= 4 is 0 Å². The number of nitrogens with one attached hydrogen (secondary N) is 1. The minimum atomic E-state index is -0.0316. The first kappa shape index (κ1) is 14.7. The maximum absolute atomic E-state index is 10.5. The summed E-state index contributed by atoms with van der Waals surface area (Å²) in [7, 11) is 1.65. The second-order valence-electron chi connectivity index (χ2n) is 6.20. The van der Waals surface area contributed by atoms with Crippen molar-refractivity contribution in [3.8, 4) is 11.5 Å². The lowest BCUT2D eigenvalue weighted by Gasteiger charge is -2.48. The van der Waals surface area contributed by atoms with Crippen LogP contribution in [-0.4, -0.2) is 17.8 Å². The molecule has 2 aliphatic rings. The summed E-state index contributed by atoms with van der Waals surface area (Å²) in [5.41, 5.74) is 6.12. The first-order chi connectivity index (χ1) is 10.1. The minimum absolute atomic E-state index is 0.0316. The maximum Gasteiger partial charge on any atom is 0.125 e. The van der Waals surface area contributed by atoms with Crippen molar-refractivity contribution in [1.29, 1.82) is 0 Å². The van der Waals surface area contributed by atoms with Crippen molar-refractivity contribution in [2.75, 3.05) is 7.11 Å². The largest absolute Gasteiger partial charge is 0.507 e. The normalized spacial score (nSPS) is 22.5. The van der Waals surface area contributed by atoms with Crippen molar-refractivity contribution in [1.82, 2.24) is 5.48 Å². The Bertz CT molecular complexity index is 537. The van der Waals surface area contributed by atoms with E-state index in [0.29, 0.717) is 5.75 Å². The third-order valence-electron chi connectivity index (χ3n) is 5.00. The summed E-state index contributed by atoms with van der Waals surface area (Å²) < 4.78 is 6.37. The van der Waals surface area contributed by atoms with Crippen LogP contribution in [0.25, 0.3) is 0 Å². The standard InChI is InChI=1S/C17H25NO3/c1-4-11-9-14-15(12(5-2)16(11)19)13(18-20-3)10-17(21-14)7-6-8-17/h9,13,18-19H,4-8,10H2,1-3H3. The topological polar surface area (TPSA) is 50.7 Å². The predicted molar refractivity (Wildman–Crippen MR) is 81.6 cm³/mol. The van der Waals surface area contributed by atoms with Crippen LogP contribution in [0.5, 0.6) is 11.5 Å². The van der Waals surface area contributed by atoms with Crippen molar-refractivity contribution in [2.45, 2.75) is 64.0 Å². The molecule has 1 fully saturated rings. The van der Waals surface area contributed by atoms with Crippen LogP contribution in [0.15, 0.2) is 6.07 Å². The maximum atomic E-state index is 10.5. The van der Waals surface area contributed by atoms with Gasteiger partial charge in [-0.3, -0.25) is 0 Å². The molecule has 1 saturated carbocycles. The fraction of sp³-hybridized carbons (Fsp3) is 0.647. The van der Waals surface area contributed by atoms with Gasteiger partial charge in [0.2, 0.25) is 0 Å². The van der Waals surface area contributed by atoms with E-state index in [4.69, 9.17) is 9.57 Å². The van der Waals surface area contributed by atoms with Crippen LogP contribution in [-0.2, 0) is 17.7 Å². The summed E-state index contributed by atoms with van der Waals surface area (Å²) in [5.74, 6) is 1.36. The van der Waals surface area contributed by atoms with E-state index in [9.17, 15) is 5.11 Å². The average molecular weight is 291 g/mol. The van der Waals surface area contributed by atoms with Gasteiger partial charge in [-0.1, -0.05) is 13.8 Å². The third kappa shape index (κ3) is 2.30. The van der Waals surface area contributed by atoms with E-state index in [-0.39, 0.29) is 11.6 Å². The molecule has 0 radical (unpaired) electrons. The predicted octanol–water partition coefficient (Wildman–Crippen LogP) is 3.41. The van der Waals surface area contributed by atoms with E-state index in [1.54, 1.807) is 7.11 Å². The fourth-order valence-electron chi connectivity index (χ4n) is 3.74. The smallest absolute Gasteiger partial charge is 0.125 e. The van der Waals surface area contributed by atoms with Gasteiger partial charge in [0, 0.05) is 17.5 Å². The number of phenolic OH excluding ortho intramolecular Hbond substituents is 1. The lowest BCUT2D eigenvalue weighted by Crippen LogP contribution is -2.49. The number of fused-ring (bicyclic) bond motifs is 1. The number of hydrogen-bond acceptors (Lipinski definition) is 4. The number of hydrogen-bond donors (Lipinski definition) is 2. The zero-order valence-electron chi connectivity index (χ0n) is 13.2. The summed E-state index contributed by atoms with van der Waals surface area (Å²) in [6.45, 7) is 4.14. The van der Waals surface area contributed by atoms with Crippen LogP contribution in [0.1, 0.15) is 62.3 Å². The van der Waals surface area contributed by atoms with Gasteiger partial charge in [0.15, 0.2) is 0 Å². The Morgan fingerprint density at radius 1 is 1.38 bits per heavy atom. The number of benzene rings is 1. The first-order valence-electron chi connectivity index (χ1n) is 7.99. The number of ether oxygens (including phenoxy) is 1. The molecule has 1 aliphatic heterocycles. The van der Waals surface area contributed by atoms with Gasteiger partial charge in [0.25, 0.3) is 0 Å². The van der Waals surface area contributed by atoms with Gasteiger partial charge >= 0.3 is 0 Å². The van der Waals surface area contributed by atoms with Crippen molar-refractivity contribution in [2.24, 2.45) is 0 Å². The molecule has 1 aliphatic carbocycles.